The van der Waals surface area contributed by atoms with Crippen LogP contribution in [0.2, 0.25) is 0 Å². The Kier molecular flexibility index (Phi) is 6.97. The lowest BCUT2D eigenvalue weighted by Gasteiger charge is -2.31. The molecule has 2 heterocycles. The third-order valence-corrected chi connectivity index (χ3v) is 5.75. The van der Waals surface area contributed by atoms with Gasteiger partial charge >= 0.3 is 18.1 Å². The first-order valence-electron chi connectivity index (χ1n) is 11.0. The fourth-order valence-corrected chi connectivity index (χ4v) is 3.89. The highest BCUT2D eigenvalue weighted by molar-refractivity contribution is 5.99. The van der Waals surface area contributed by atoms with E-state index in [4.69, 9.17) is 14.2 Å². The lowest BCUT2D eigenvalue weighted by molar-refractivity contribution is -0.162. The van der Waals surface area contributed by atoms with Gasteiger partial charge in [0.15, 0.2) is 6.10 Å². The van der Waals surface area contributed by atoms with Crippen LogP contribution in [-0.4, -0.2) is 56.4 Å². The van der Waals surface area contributed by atoms with E-state index in [9.17, 15) is 27.6 Å². The number of esters is 2. The Morgan fingerprint density at radius 1 is 1.14 bits per heavy atom. The highest BCUT2D eigenvalue weighted by atomic mass is 19.4. The second-order valence-corrected chi connectivity index (χ2v) is 8.15. The molecule has 0 saturated carbocycles. The molecular weight excluding hydrogens is 469 g/mol. The maximum absolute atomic E-state index is 13.3. The summed E-state index contributed by atoms with van der Waals surface area (Å²) >= 11 is 0. The van der Waals surface area contributed by atoms with Crippen molar-refractivity contribution in [3.05, 3.63) is 59.2 Å². The zero-order valence-corrected chi connectivity index (χ0v) is 18.8. The molecule has 0 aromatic heterocycles. The molecule has 4 rings (SSSR count). The molecule has 2 aromatic rings. The van der Waals surface area contributed by atoms with Gasteiger partial charge in [-0.05, 0) is 36.8 Å². The Morgan fingerprint density at radius 2 is 1.86 bits per heavy atom. The highest BCUT2D eigenvalue weighted by Gasteiger charge is 2.35. The number of hydrogen-bond acceptors (Lipinski definition) is 7. The summed E-state index contributed by atoms with van der Waals surface area (Å²) in [5.74, 6) is -2.42. The number of benzene rings is 2. The quantitative estimate of drug-likeness (QED) is 0.641. The van der Waals surface area contributed by atoms with E-state index in [0.717, 1.165) is 12.1 Å². The minimum absolute atomic E-state index is 0.0624. The van der Waals surface area contributed by atoms with Gasteiger partial charge in [0.1, 0.15) is 0 Å². The van der Waals surface area contributed by atoms with E-state index in [2.05, 4.69) is 5.32 Å². The average molecular weight is 492 g/mol. The van der Waals surface area contributed by atoms with Gasteiger partial charge in [-0.2, -0.15) is 13.2 Å². The van der Waals surface area contributed by atoms with Gasteiger partial charge in [0.05, 0.1) is 35.7 Å². The van der Waals surface area contributed by atoms with Crippen LogP contribution in [-0.2, 0) is 36.4 Å². The van der Waals surface area contributed by atoms with Crippen LogP contribution >= 0.6 is 0 Å². The summed E-state index contributed by atoms with van der Waals surface area (Å²) in [6.07, 6.45) is -7.11. The number of fused-ring (bicyclic) bond motifs is 1. The van der Waals surface area contributed by atoms with Crippen molar-refractivity contribution in [2.24, 2.45) is 0 Å². The zero-order valence-electron chi connectivity index (χ0n) is 18.8. The molecule has 0 radical (unpaired) electrons. The molecule has 0 spiro atoms. The van der Waals surface area contributed by atoms with Gasteiger partial charge in [-0.15, -0.1) is 0 Å². The Morgan fingerprint density at radius 3 is 2.57 bits per heavy atom. The Balaban J connectivity index is 1.47. The van der Waals surface area contributed by atoms with Crippen molar-refractivity contribution in [2.45, 2.75) is 31.7 Å². The van der Waals surface area contributed by atoms with Crippen molar-refractivity contribution < 1.29 is 41.8 Å². The SMILES string of the molecule is C[C@@H](OC(=O)[C@H]1Cc2ccccc2C(=O)O1)C(=O)Nc1cc(C(F)(F)F)ccc1N1CCOCC1. The number of nitrogens with one attached hydrogen (secondary N) is 1. The molecule has 2 atom stereocenters. The van der Waals surface area contributed by atoms with Gasteiger partial charge in [0.2, 0.25) is 6.10 Å². The smallest absolute Gasteiger partial charge is 0.416 e. The van der Waals surface area contributed by atoms with E-state index >= 15 is 0 Å². The van der Waals surface area contributed by atoms with Gasteiger partial charge in [0, 0.05) is 19.5 Å². The normalized spacial score (nSPS) is 18.8. The van der Waals surface area contributed by atoms with Crippen molar-refractivity contribution in [1.82, 2.24) is 0 Å². The molecule has 1 saturated heterocycles. The van der Waals surface area contributed by atoms with Gasteiger partial charge in [-0.3, -0.25) is 4.79 Å². The average Bonchev–Trinajstić information content (AvgIpc) is 2.84. The van der Waals surface area contributed by atoms with Gasteiger partial charge in [0.25, 0.3) is 5.91 Å². The largest absolute Gasteiger partial charge is 0.450 e. The number of carbonyl (C=O) groups excluding carboxylic acids is 3. The van der Waals surface area contributed by atoms with Crippen LogP contribution in [0.3, 0.4) is 0 Å². The van der Waals surface area contributed by atoms with E-state index in [1.165, 1.54) is 13.0 Å². The topological polar surface area (TPSA) is 94.2 Å². The first-order chi connectivity index (χ1) is 16.6. The number of morpholine rings is 1. The summed E-state index contributed by atoms with van der Waals surface area (Å²) < 4.78 is 55.5. The summed E-state index contributed by atoms with van der Waals surface area (Å²) in [4.78, 5) is 39.3. The van der Waals surface area contributed by atoms with Crippen molar-refractivity contribution in [1.29, 1.82) is 0 Å². The molecule has 0 bridgehead atoms. The van der Waals surface area contributed by atoms with E-state index in [-0.39, 0.29) is 12.1 Å². The number of cyclic esters (lactones) is 1. The second-order valence-electron chi connectivity index (χ2n) is 8.15. The predicted octanol–water partition coefficient (Wildman–Crippen LogP) is 3.19. The molecule has 186 valence electrons. The molecule has 35 heavy (non-hydrogen) atoms. The third kappa shape index (κ3) is 5.56. The van der Waals surface area contributed by atoms with E-state index in [1.807, 2.05) is 0 Å². The van der Waals surface area contributed by atoms with Crippen molar-refractivity contribution in [3.63, 3.8) is 0 Å². The number of alkyl halides is 3. The minimum Gasteiger partial charge on any atom is -0.450 e. The van der Waals surface area contributed by atoms with E-state index in [0.29, 0.717) is 43.1 Å². The number of carbonyl (C=O) groups is 3. The summed E-state index contributed by atoms with van der Waals surface area (Å²) in [5, 5.41) is 2.45. The molecule has 8 nitrogen and oxygen atoms in total. The van der Waals surface area contributed by atoms with Crippen molar-refractivity contribution in [3.8, 4) is 0 Å². The molecule has 0 unspecified atom stereocenters. The minimum atomic E-state index is -4.61. The Bertz CT molecular complexity index is 1130. The highest BCUT2D eigenvalue weighted by Crippen LogP contribution is 2.36. The number of hydrogen-bond donors (Lipinski definition) is 1. The molecule has 1 N–H and O–H groups in total. The first kappa shape index (κ1) is 24.5. The summed E-state index contributed by atoms with van der Waals surface area (Å²) in [5.41, 5.74) is 0.366. The first-order valence-corrected chi connectivity index (χ1v) is 11.0. The lowest BCUT2D eigenvalue weighted by atomic mass is 9.99. The zero-order chi connectivity index (χ0) is 25.2. The van der Waals surface area contributed by atoms with Crippen LogP contribution in [0.25, 0.3) is 0 Å². The van der Waals surface area contributed by atoms with Crippen LogP contribution in [0, 0.1) is 0 Å². The molecule has 11 heteroatoms. The van der Waals surface area contributed by atoms with Crippen molar-refractivity contribution in [2.75, 3.05) is 36.5 Å². The number of amides is 1. The fourth-order valence-electron chi connectivity index (χ4n) is 3.89. The number of nitrogens with zero attached hydrogens (tertiary/aromatic N) is 1. The molecular formula is C24H23F3N2O6. The summed E-state index contributed by atoms with van der Waals surface area (Å²) in [7, 11) is 0. The lowest BCUT2D eigenvalue weighted by Crippen LogP contribution is -2.40. The molecule has 2 aliphatic heterocycles. The fraction of sp³-hybridized carbons (Fsp3) is 0.375. The second kappa shape index (κ2) is 9.95. The van der Waals surface area contributed by atoms with Gasteiger partial charge in [-0.25, -0.2) is 9.59 Å². The maximum Gasteiger partial charge on any atom is 0.416 e. The third-order valence-electron chi connectivity index (χ3n) is 5.75. The van der Waals surface area contributed by atoms with Gasteiger partial charge in [-0.1, -0.05) is 18.2 Å². The van der Waals surface area contributed by atoms with Crippen LogP contribution in [0.5, 0.6) is 0 Å². The predicted molar refractivity (Wildman–Crippen MR) is 118 cm³/mol. The Hall–Kier alpha value is -3.60. The number of anilines is 2. The van der Waals surface area contributed by atoms with Crippen LogP contribution < -0.4 is 10.2 Å². The molecule has 0 aliphatic carbocycles. The number of halogens is 3. The summed E-state index contributed by atoms with van der Waals surface area (Å²) in [6, 6.07) is 9.74. The van der Waals surface area contributed by atoms with Crippen LogP contribution in [0.1, 0.15) is 28.4 Å². The van der Waals surface area contributed by atoms with Crippen molar-refractivity contribution >= 4 is 29.2 Å². The molecule has 1 amide bonds. The molecule has 2 aliphatic rings. The summed E-state index contributed by atoms with van der Waals surface area (Å²) in [6.45, 7) is 2.95. The molecule has 1 fully saturated rings. The Labute approximate surface area is 198 Å². The molecule has 2 aromatic carbocycles. The van der Waals surface area contributed by atoms with E-state index < -0.39 is 41.8 Å². The maximum atomic E-state index is 13.3. The van der Waals surface area contributed by atoms with Crippen LogP contribution in [0.4, 0.5) is 24.5 Å². The van der Waals surface area contributed by atoms with Gasteiger partial charge < -0.3 is 24.4 Å². The standard InChI is InChI=1S/C24H23F3N2O6/c1-14(34-23(32)20-12-15-4-2-3-5-17(15)22(31)35-20)21(30)28-18-13-16(24(25,26)27)6-7-19(18)29-8-10-33-11-9-29/h2-7,13-14,20H,8-12H2,1H3,(H,28,30)/t14-,20-/m1/s1. The number of ether oxygens (including phenoxy) is 3. The van der Waals surface area contributed by atoms with Crippen LogP contribution in [0.15, 0.2) is 42.5 Å². The number of rotatable bonds is 5. The monoisotopic (exact) mass is 492 g/mol. The van der Waals surface area contributed by atoms with E-state index in [1.54, 1.807) is 29.2 Å².